The van der Waals surface area contributed by atoms with Crippen molar-refractivity contribution in [3.8, 4) is 0 Å². The number of aromatic nitrogens is 2. The van der Waals surface area contributed by atoms with E-state index in [1.54, 1.807) is 18.2 Å². The van der Waals surface area contributed by atoms with Gasteiger partial charge in [-0.25, -0.2) is 14.4 Å². The fourth-order valence-electron chi connectivity index (χ4n) is 2.04. The molecule has 5 nitrogen and oxygen atoms in total. The molecule has 0 spiro atoms. The molecule has 23 heavy (non-hydrogen) atoms. The van der Waals surface area contributed by atoms with E-state index in [1.807, 2.05) is 0 Å². The number of carbonyl (C=O) groups is 1. The molecule has 0 unspecified atom stereocenters. The van der Waals surface area contributed by atoms with Gasteiger partial charge in [0.05, 0.1) is 0 Å². The highest BCUT2D eigenvalue weighted by atomic mass is 19.1. The van der Waals surface area contributed by atoms with Gasteiger partial charge in [-0.3, -0.25) is 4.79 Å². The molecule has 0 aliphatic carbocycles. The SMILES string of the molecule is CCCCCNc1cc(C(=O)NCc2ccc(F)cc2)ncn1. The fourth-order valence-corrected chi connectivity index (χ4v) is 2.04. The summed E-state index contributed by atoms with van der Waals surface area (Å²) in [4.78, 5) is 20.2. The summed E-state index contributed by atoms with van der Waals surface area (Å²) in [5.41, 5.74) is 1.13. The van der Waals surface area contributed by atoms with E-state index in [2.05, 4.69) is 27.5 Å². The van der Waals surface area contributed by atoms with E-state index in [9.17, 15) is 9.18 Å². The number of carbonyl (C=O) groups excluding carboxylic acids is 1. The Hall–Kier alpha value is -2.50. The maximum absolute atomic E-state index is 12.8. The Kier molecular flexibility index (Phi) is 6.47. The average Bonchev–Trinajstić information content (AvgIpc) is 2.58. The third-order valence-corrected chi connectivity index (χ3v) is 3.35. The van der Waals surface area contributed by atoms with Crippen LogP contribution in [-0.4, -0.2) is 22.4 Å². The Balaban J connectivity index is 1.87. The van der Waals surface area contributed by atoms with Crippen molar-refractivity contribution in [2.24, 2.45) is 0 Å². The van der Waals surface area contributed by atoms with Gasteiger partial charge in [0, 0.05) is 19.2 Å². The van der Waals surface area contributed by atoms with E-state index in [-0.39, 0.29) is 11.7 Å². The number of unbranched alkanes of at least 4 members (excludes halogenated alkanes) is 2. The molecule has 0 saturated carbocycles. The Morgan fingerprint density at radius 2 is 1.96 bits per heavy atom. The van der Waals surface area contributed by atoms with Gasteiger partial charge in [0.1, 0.15) is 23.7 Å². The Morgan fingerprint density at radius 1 is 1.17 bits per heavy atom. The van der Waals surface area contributed by atoms with E-state index in [4.69, 9.17) is 0 Å². The lowest BCUT2D eigenvalue weighted by Crippen LogP contribution is -2.24. The summed E-state index contributed by atoms with van der Waals surface area (Å²) >= 11 is 0. The molecule has 2 N–H and O–H groups in total. The van der Waals surface area contributed by atoms with Crippen LogP contribution in [0.15, 0.2) is 36.7 Å². The lowest BCUT2D eigenvalue weighted by atomic mass is 10.2. The zero-order valence-electron chi connectivity index (χ0n) is 13.2. The number of anilines is 1. The van der Waals surface area contributed by atoms with Gasteiger partial charge in [-0.05, 0) is 24.1 Å². The number of hydrogen-bond acceptors (Lipinski definition) is 4. The van der Waals surface area contributed by atoms with Gasteiger partial charge >= 0.3 is 0 Å². The van der Waals surface area contributed by atoms with Crippen molar-refractivity contribution in [1.29, 1.82) is 0 Å². The molecule has 122 valence electrons. The topological polar surface area (TPSA) is 66.9 Å². The lowest BCUT2D eigenvalue weighted by Gasteiger charge is -2.07. The van der Waals surface area contributed by atoms with Crippen LogP contribution in [0.4, 0.5) is 10.2 Å². The van der Waals surface area contributed by atoms with Gasteiger partial charge in [-0.15, -0.1) is 0 Å². The van der Waals surface area contributed by atoms with Crippen molar-refractivity contribution in [1.82, 2.24) is 15.3 Å². The van der Waals surface area contributed by atoms with E-state index < -0.39 is 0 Å². The molecule has 6 heteroatoms. The van der Waals surface area contributed by atoms with Gasteiger partial charge in [0.2, 0.25) is 0 Å². The van der Waals surface area contributed by atoms with Crippen LogP contribution in [0.3, 0.4) is 0 Å². The third kappa shape index (κ3) is 5.65. The third-order valence-electron chi connectivity index (χ3n) is 3.35. The number of hydrogen-bond donors (Lipinski definition) is 2. The molecule has 0 fully saturated rings. The predicted molar refractivity (Wildman–Crippen MR) is 87.6 cm³/mol. The van der Waals surface area contributed by atoms with E-state index >= 15 is 0 Å². The molecule has 0 aliphatic rings. The van der Waals surface area contributed by atoms with Gasteiger partial charge in [0.25, 0.3) is 5.91 Å². The molecular weight excluding hydrogens is 295 g/mol. The van der Waals surface area contributed by atoms with Crippen LogP contribution in [0, 0.1) is 5.82 Å². The molecule has 0 aliphatic heterocycles. The highest BCUT2D eigenvalue weighted by Gasteiger charge is 2.08. The van der Waals surface area contributed by atoms with Crippen LogP contribution in [0.25, 0.3) is 0 Å². The van der Waals surface area contributed by atoms with Crippen LogP contribution in [0.5, 0.6) is 0 Å². The summed E-state index contributed by atoms with van der Waals surface area (Å²) in [7, 11) is 0. The second-order valence-corrected chi connectivity index (χ2v) is 5.23. The van der Waals surface area contributed by atoms with Crippen molar-refractivity contribution >= 4 is 11.7 Å². The maximum atomic E-state index is 12.8. The number of halogens is 1. The van der Waals surface area contributed by atoms with Crippen molar-refractivity contribution in [2.75, 3.05) is 11.9 Å². The largest absolute Gasteiger partial charge is 0.370 e. The fraction of sp³-hybridized carbons (Fsp3) is 0.353. The van der Waals surface area contributed by atoms with Crippen molar-refractivity contribution in [3.63, 3.8) is 0 Å². The molecule has 2 aromatic rings. The first-order chi connectivity index (χ1) is 11.2. The van der Waals surface area contributed by atoms with E-state index in [0.29, 0.717) is 18.1 Å². The molecule has 0 atom stereocenters. The smallest absolute Gasteiger partial charge is 0.270 e. The first-order valence-corrected chi connectivity index (χ1v) is 7.77. The monoisotopic (exact) mass is 316 g/mol. The molecule has 1 aromatic heterocycles. The van der Waals surface area contributed by atoms with Crippen molar-refractivity contribution in [2.45, 2.75) is 32.7 Å². The van der Waals surface area contributed by atoms with Crippen molar-refractivity contribution < 1.29 is 9.18 Å². The van der Waals surface area contributed by atoms with E-state index in [0.717, 1.165) is 31.4 Å². The second-order valence-electron chi connectivity index (χ2n) is 5.23. The van der Waals surface area contributed by atoms with E-state index in [1.165, 1.54) is 18.5 Å². The highest BCUT2D eigenvalue weighted by Crippen LogP contribution is 2.06. The quantitative estimate of drug-likeness (QED) is 0.734. The summed E-state index contributed by atoms with van der Waals surface area (Å²) in [6, 6.07) is 7.63. The van der Waals surface area contributed by atoms with Gasteiger partial charge in [0.15, 0.2) is 0 Å². The summed E-state index contributed by atoms with van der Waals surface area (Å²) in [6.45, 7) is 3.29. The molecular formula is C17H21FN4O. The van der Waals surface area contributed by atoms with Crippen LogP contribution in [0.1, 0.15) is 42.2 Å². The summed E-state index contributed by atoms with van der Waals surface area (Å²) in [5, 5.41) is 5.94. The molecule has 1 amide bonds. The molecule has 0 bridgehead atoms. The Bertz CT molecular complexity index is 631. The zero-order valence-corrected chi connectivity index (χ0v) is 13.2. The normalized spacial score (nSPS) is 10.3. The maximum Gasteiger partial charge on any atom is 0.270 e. The minimum absolute atomic E-state index is 0.284. The average molecular weight is 316 g/mol. The van der Waals surface area contributed by atoms with Crippen LogP contribution >= 0.6 is 0 Å². The van der Waals surface area contributed by atoms with Crippen molar-refractivity contribution in [3.05, 3.63) is 53.7 Å². The summed E-state index contributed by atoms with van der Waals surface area (Å²) in [6.07, 6.45) is 4.74. The molecule has 1 aromatic carbocycles. The number of nitrogens with one attached hydrogen (secondary N) is 2. The molecule has 2 rings (SSSR count). The minimum atomic E-state index is -0.297. The van der Waals surface area contributed by atoms with Gasteiger partial charge < -0.3 is 10.6 Å². The first kappa shape index (κ1) is 16.9. The summed E-state index contributed by atoms with van der Waals surface area (Å²) in [5.74, 6) is 0.0611. The lowest BCUT2D eigenvalue weighted by molar-refractivity contribution is 0.0946. The molecule has 0 radical (unpaired) electrons. The first-order valence-electron chi connectivity index (χ1n) is 7.77. The van der Waals surface area contributed by atoms with Crippen LogP contribution in [0.2, 0.25) is 0 Å². The predicted octanol–water partition coefficient (Wildman–Crippen LogP) is 3.15. The summed E-state index contributed by atoms with van der Waals surface area (Å²) < 4.78 is 12.8. The molecule has 1 heterocycles. The van der Waals surface area contributed by atoms with Crippen LogP contribution < -0.4 is 10.6 Å². The minimum Gasteiger partial charge on any atom is -0.370 e. The number of rotatable bonds is 8. The highest BCUT2D eigenvalue weighted by molar-refractivity contribution is 5.92. The van der Waals surface area contributed by atoms with Gasteiger partial charge in [-0.1, -0.05) is 31.9 Å². The standard InChI is InChI=1S/C17H21FN4O/c1-2-3-4-9-19-16-10-15(21-12-22-16)17(23)20-11-13-5-7-14(18)8-6-13/h5-8,10,12H,2-4,9,11H2,1H3,(H,20,23)(H,19,21,22). The van der Waals surface area contributed by atoms with Gasteiger partial charge in [-0.2, -0.15) is 0 Å². The number of amides is 1. The number of benzene rings is 1. The number of nitrogens with zero attached hydrogens (tertiary/aromatic N) is 2. The second kappa shape index (κ2) is 8.82. The zero-order chi connectivity index (χ0) is 16.5. The van der Waals surface area contributed by atoms with Crippen LogP contribution in [-0.2, 0) is 6.54 Å². The Labute approximate surface area is 135 Å². The Morgan fingerprint density at radius 3 is 2.70 bits per heavy atom. The molecule has 0 saturated heterocycles.